The van der Waals surface area contributed by atoms with E-state index in [1.54, 1.807) is 11.8 Å². The van der Waals surface area contributed by atoms with Gasteiger partial charge in [0.15, 0.2) is 0 Å². The van der Waals surface area contributed by atoms with Crippen molar-refractivity contribution in [3.63, 3.8) is 0 Å². The molecular formula is C9H9NS2. The average Bonchev–Trinajstić information content (AvgIpc) is 2.54. The molecule has 1 N–H and O–H groups in total. The number of hydrogen-bond donors (Lipinski definition) is 1. The molecule has 1 atom stereocenters. The zero-order valence-electron chi connectivity index (χ0n) is 6.49. The Kier molecular flexibility index (Phi) is 2.33. The molecule has 1 aromatic carbocycles. The molecule has 1 fully saturated rings. The van der Waals surface area contributed by atoms with Crippen LogP contribution in [0.2, 0.25) is 0 Å². The fraction of sp³-hybridized carbons (Fsp3) is 0.222. The van der Waals surface area contributed by atoms with Gasteiger partial charge in [0.05, 0.1) is 5.25 Å². The molecule has 0 radical (unpaired) electrons. The van der Waals surface area contributed by atoms with E-state index in [2.05, 4.69) is 29.6 Å². The third-order valence-corrected chi connectivity index (χ3v) is 3.37. The highest BCUT2D eigenvalue weighted by molar-refractivity contribution is 8.23. The van der Waals surface area contributed by atoms with Gasteiger partial charge in [-0.25, -0.2) is 0 Å². The summed E-state index contributed by atoms with van der Waals surface area (Å²) < 4.78 is 0.920. The van der Waals surface area contributed by atoms with Crippen LogP contribution in [0.3, 0.4) is 0 Å². The Labute approximate surface area is 81.6 Å². The molecule has 0 saturated carbocycles. The summed E-state index contributed by atoms with van der Waals surface area (Å²) in [5.74, 6) is 0. The molecule has 1 saturated heterocycles. The predicted molar refractivity (Wildman–Crippen MR) is 57.4 cm³/mol. The van der Waals surface area contributed by atoms with Crippen LogP contribution in [0.15, 0.2) is 30.3 Å². The number of thioether (sulfide) groups is 1. The van der Waals surface area contributed by atoms with Crippen LogP contribution in [0.4, 0.5) is 0 Å². The molecule has 0 unspecified atom stereocenters. The summed E-state index contributed by atoms with van der Waals surface area (Å²) in [6.07, 6.45) is 0. The molecule has 0 amide bonds. The van der Waals surface area contributed by atoms with Crippen LogP contribution in [-0.2, 0) is 0 Å². The first kappa shape index (κ1) is 8.08. The van der Waals surface area contributed by atoms with E-state index in [0.29, 0.717) is 5.25 Å². The van der Waals surface area contributed by atoms with E-state index in [9.17, 15) is 0 Å². The quantitative estimate of drug-likeness (QED) is 0.691. The summed E-state index contributed by atoms with van der Waals surface area (Å²) in [7, 11) is 0. The van der Waals surface area contributed by atoms with Gasteiger partial charge in [-0.2, -0.15) is 0 Å². The van der Waals surface area contributed by atoms with Gasteiger partial charge >= 0.3 is 0 Å². The molecule has 0 aliphatic carbocycles. The Balaban J connectivity index is 2.16. The molecule has 0 spiro atoms. The highest BCUT2D eigenvalue weighted by Crippen LogP contribution is 2.32. The Hall–Kier alpha value is -0.540. The van der Waals surface area contributed by atoms with Gasteiger partial charge in [0.1, 0.15) is 4.32 Å². The molecule has 1 aromatic rings. The van der Waals surface area contributed by atoms with Crippen LogP contribution in [0.5, 0.6) is 0 Å². The van der Waals surface area contributed by atoms with Crippen molar-refractivity contribution in [1.82, 2.24) is 5.32 Å². The lowest BCUT2D eigenvalue weighted by Crippen LogP contribution is -2.11. The molecule has 12 heavy (non-hydrogen) atoms. The summed E-state index contributed by atoms with van der Waals surface area (Å²) >= 11 is 6.79. The van der Waals surface area contributed by atoms with Gasteiger partial charge in [-0.15, -0.1) is 0 Å². The highest BCUT2D eigenvalue weighted by Gasteiger charge is 2.20. The summed E-state index contributed by atoms with van der Waals surface area (Å²) in [4.78, 5) is 0. The molecule has 0 aromatic heterocycles. The van der Waals surface area contributed by atoms with Gasteiger partial charge in [0.25, 0.3) is 0 Å². The number of hydrogen-bond acceptors (Lipinski definition) is 2. The maximum Gasteiger partial charge on any atom is 0.134 e. The van der Waals surface area contributed by atoms with Crippen LogP contribution in [0.1, 0.15) is 10.8 Å². The van der Waals surface area contributed by atoms with Crippen LogP contribution >= 0.6 is 24.0 Å². The third kappa shape index (κ3) is 1.62. The topological polar surface area (TPSA) is 12.0 Å². The zero-order chi connectivity index (χ0) is 8.39. The van der Waals surface area contributed by atoms with Gasteiger partial charge in [0.2, 0.25) is 0 Å². The maximum absolute atomic E-state index is 5.05. The fourth-order valence-corrected chi connectivity index (χ4v) is 2.56. The van der Waals surface area contributed by atoms with E-state index in [-0.39, 0.29) is 0 Å². The smallest absolute Gasteiger partial charge is 0.134 e. The minimum atomic E-state index is 0.513. The first-order valence-corrected chi connectivity index (χ1v) is 5.14. The normalized spacial score (nSPS) is 22.3. The van der Waals surface area contributed by atoms with Crippen molar-refractivity contribution in [3.8, 4) is 0 Å². The van der Waals surface area contributed by atoms with Crippen molar-refractivity contribution < 1.29 is 0 Å². The molecule has 1 heterocycles. The fourth-order valence-electron chi connectivity index (χ4n) is 1.24. The summed E-state index contributed by atoms with van der Waals surface area (Å²) in [6, 6.07) is 10.5. The molecule has 1 nitrogen and oxygen atoms in total. The lowest BCUT2D eigenvalue weighted by molar-refractivity contribution is 0.888. The van der Waals surface area contributed by atoms with Crippen molar-refractivity contribution >= 4 is 28.3 Å². The lowest BCUT2D eigenvalue weighted by atomic mass is 10.1. The summed E-state index contributed by atoms with van der Waals surface area (Å²) in [5, 5.41) is 3.68. The molecule has 0 bridgehead atoms. The van der Waals surface area contributed by atoms with Crippen LogP contribution < -0.4 is 5.32 Å². The van der Waals surface area contributed by atoms with Gasteiger partial charge in [-0.05, 0) is 5.56 Å². The van der Waals surface area contributed by atoms with Crippen molar-refractivity contribution in [2.24, 2.45) is 0 Å². The lowest BCUT2D eigenvalue weighted by Gasteiger charge is -2.05. The first-order chi connectivity index (χ1) is 5.86. The molecule has 2 rings (SSSR count). The van der Waals surface area contributed by atoms with E-state index in [1.807, 2.05) is 6.07 Å². The molecule has 62 valence electrons. The monoisotopic (exact) mass is 195 g/mol. The Bertz CT molecular complexity index is 284. The minimum absolute atomic E-state index is 0.513. The zero-order valence-corrected chi connectivity index (χ0v) is 8.12. The number of nitrogens with one attached hydrogen (secondary N) is 1. The van der Waals surface area contributed by atoms with Crippen molar-refractivity contribution in [3.05, 3.63) is 35.9 Å². The van der Waals surface area contributed by atoms with E-state index >= 15 is 0 Å². The molecule has 3 heteroatoms. The Morgan fingerprint density at radius 3 is 2.67 bits per heavy atom. The van der Waals surface area contributed by atoms with E-state index in [0.717, 1.165) is 10.9 Å². The third-order valence-electron chi connectivity index (χ3n) is 1.85. The number of thiocarbonyl (C=S) groups is 1. The highest BCUT2D eigenvalue weighted by atomic mass is 32.2. The maximum atomic E-state index is 5.05. The van der Waals surface area contributed by atoms with Gasteiger partial charge in [-0.1, -0.05) is 54.3 Å². The van der Waals surface area contributed by atoms with Crippen molar-refractivity contribution in [2.75, 3.05) is 6.54 Å². The summed E-state index contributed by atoms with van der Waals surface area (Å²) in [5.41, 5.74) is 1.36. The largest absolute Gasteiger partial charge is 0.369 e. The first-order valence-electron chi connectivity index (χ1n) is 3.86. The van der Waals surface area contributed by atoms with Crippen LogP contribution in [0, 0.1) is 0 Å². The second-order valence-electron chi connectivity index (χ2n) is 2.69. The van der Waals surface area contributed by atoms with Crippen LogP contribution in [-0.4, -0.2) is 10.9 Å². The van der Waals surface area contributed by atoms with E-state index in [1.165, 1.54) is 5.56 Å². The SMILES string of the molecule is S=C1NC[C@H](c2ccccc2)S1. The van der Waals surface area contributed by atoms with Gasteiger partial charge in [0, 0.05) is 6.54 Å². The van der Waals surface area contributed by atoms with Crippen molar-refractivity contribution in [1.29, 1.82) is 0 Å². The van der Waals surface area contributed by atoms with Gasteiger partial charge in [-0.3, -0.25) is 0 Å². The molecule has 1 aliphatic rings. The average molecular weight is 195 g/mol. The minimum Gasteiger partial charge on any atom is -0.369 e. The number of benzene rings is 1. The standard InChI is InChI=1S/C9H9NS2/c11-9-10-6-8(12-9)7-4-2-1-3-5-7/h1-5,8H,6H2,(H,10,11)/t8-/m1/s1. The predicted octanol–water partition coefficient (Wildman–Crippen LogP) is 2.35. The Morgan fingerprint density at radius 1 is 1.33 bits per heavy atom. The molecular weight excluding hydrogens is 186 g/mol. The molecule has 1 aliphatic heterocycles. The van der Waals surface area contributed by atoms with E-state index < -0.39 is 0 Å². The summed E-state index contributed by atoms with van der Waals surface area (Å²) in [6.45, 7) is 0.966. The van der Waals surface area contributed by atoms with Crippen molar-refractivity contribution in [2.45, 2.75) is 5.25 Å². The van der Waals surface area contributed by atoms with Gasteiger partial charge < -0.3 is 5.32 Å². The van der Waals surface area contributed by atoms with E-state index in [4.69, 9.17) is 12.2 Å². The Morgan fingerprint density at radius 2 is 2.08 bits per heavy atom. The number of rotatable bonds is 1. The second-order valence-corrected chi connectivity index (χ2v) is 4.57. The van der Waals surface area contributed by atoms with Crippen LogP contribution in [0.25, 0.3) is 0 Å². The second kappa shape index (κ2) is 3.46.